The molecule has 0 unspecified atom stereocenters. The molecule has 1 aliphatic heterocycles. The van der Waals surface area contributed by atoms with Crippen LogP contribution in [0.25, 0.3) is 10.9 Å². The van der Waals surface area contributed by atoms with E-state index < -0.39 is 0 Å². The van der Waals surface area contributed by atoms with Crippen molar-refractivity contribution < 1.29 is 4.74 Å². The number of halogens is 1. The van der Waals surface area contributed by atoms with Crippen LogP contribution in [0.15, 0.2) is 24.4 Å². The van der Waals surface area contributed by atoms with Gasteiger partial charge in [0.1, 0.15) is 0 Å². The Balaban J connectivity index is 2.02. The van der Waals surface area contributed by atoms with Crippen LogP contribution >= 0.6 is 15.9 Å². The lowest BCUT2D eigenvalue weighted by Crippen LogP contribution is -2.18. The van der Waals surface area contributed by atoms with E-state index in [1.807, 2.05) is 10.9 Å². The van der Waals surface area contributed by atoms with Crippen LogP contribution in [0, 0.1) is 0 Å². The molecule has 2 heterocycles. The molecule has 0 amide bonds. The van der Waals surface area contributed by atoms with Crippen LogP contribution in [0.4, 0.5) is 0 Å². The van der Waals surface area contributed by atoms with Gasteiger partial charge in [0.05, 0.1) is 11.7 Å². The van der Waals surface area contributed by atoms with Crippen molar-refractivity contribution in [2.75, 3.05) is 6.61 Å². The second kappa shape index (κ2) is 4.78. The number of ether oxygens (including phenoxy) is 1. The quantitative estimate of drug-likeness (QED) is 0.791. The normalized spacial score (nSPS) is 20.9. The Hall–Kier alpha value is -0.870. The first-order valence-electron chi connectivity index (χ1n) is 6.02. The fraction of sp³-hybridized carbons (Fsp3) is 0.462. The third-order valence-electron chi connectivity index (χ3n) is 3.25. The van der Waals surface area contributed by atoms with E-state index in [0.29, 0.717) is 0 Å². The van der Waals surface area contributed by atoms with Gasteiger partial charge in [-0.1, -0.05) is 28.1 Å². The third kappa shape index (κ3) is 2.11. The van der Waals surface area contributed by atoms with E-state index in [1.54, 1.807) is 0 Å². The molecule has 0 saturated carbocycles. The van der Waals surface area contributed by atoms with Crippen molar-refractivity contribution >= 4 is 26.8 Å². The second-order valence-corrected chi connectivity index (χ2v) is 5.00. The van der Waals surface area contributed by atoms with Crippen LogP contribution in [-0.2, 0) is 10.1 Å². The molecule has 0 bridgehead atoms. The van der Waals surface area contributed by atoms with Gasteiger partial charge in [0.15, 0.2) is 6.23 Å². The zero-order chi connectivity index (χ0) is 11.7. The number of hydrogen-bond acceptors (Lipinski definition) is 2. The summed E-state index contributed by atoms with van der Waals surface area (Å²) in [7, 11) is 0. The van der Waals surface area contributed by atoms with Crippen molar-refractivity contribution in [3.63, 3.8) is 0 Å². The van der Waals surface area contributed by atoms with E-state index in [2.05, 4.69) is 39.2 Å². The summed E-state index contributed by atoms with van der Waals surface area (Å²) in [4.78, 5) is 0. The average molecular weight is 295 g/mol. The standard InChI is InChI=1S/C13H15BrN2O/c14-8-10-4-5-11-9-15-16(12(11)7-10)13-3-1-2-6-17-13/h4-5,7,9,13H,1-3,6,8H2/t13-/m1/s1. The molecular formula is C13H15BrN2O. The van der Waals surface area contributed by atoms with E-state index >= 15 is 0 Å². The molecule has 1 aliphatic rings. The highest BCUT2D eigenvalue weighted by Crippen LogP contribution is 2.26. The first-order chi connectivity index (χ1) is 8.38. The molecule has 4 heteroatoms. The number of aromatic nitrogens is 2. The SMILES string of the molecule is BrCc1ccc2cnn([C@H]3CCCCO3)c2c1. The maximum absolute atomic E-state index is 5.79. The molecule has 0 radical (unpaired) electrons. The molecule has 17 heavy (non-hydrogen) atoms. The summed E-state index contributed by atoms with van der Waals surface area (Å²) < 4.78 is 7.82. The highest BCUT2D eigenvalue weighted by molar-refractivity contribution is 9.08. The number of rotatable bonds is 2. The van der Waals surface area contributed by atoms with Gasteiger partial charge in [-0.15, -0.1) is 0 Å². The molecule has 1 atom stereocenters. The van der Waals surface area contributed by atoms with Gasteiger partial charge in [-0.2, -0.15) is 5.10 Å². The van der Waals surface area contributed by atoms with Gasteiger partial charge in [0, 0.05) is 17.3 Å². The van der Waals surface area contributed by atoms with Crippen molar-refractivity contribution in [2.45, 2.75) is 30.8 Å². The summed E-state index contributed by atoms with van der Waals surface area (Å²) in [6.07, 6.45) is 5.50. The van der Waals surface area contributed by atoms with Gasteiger partial charge in [-0.25, -0.2) is 4.68 Å². The van der Waals surface area contributed by atoms with E-state index in [9.17, 15) is 0 Å². The van der Waals surface area contributed by atoms with Crippen LogP contribution in [0.2, 0.25) is 0 Å². The smallest absolute Gasteiger partial charge is 0.150 e. The highest BCUT2D eigenvalue weighted by atomic mass is 79.9. The van der Waals surface area contributed by atoms with Crippen molar-refractivity contribution in [3.8, 4) is 0 Å². The predicted molar refractivity (Wildman–Crippen MR) is 71.2 cm³/mol. The number of alkyl halides is 1. The minimum absolute atomic E-state index is 0.117. The Kier molecular flexibility index (Phi) is 3.16. The third-order valence-corrected chi connectivity index (χ3v) is 3.89. The lowest BCUT2D eigenvalue weighted by molar-refractivity contribution is -0.0366. The number of fused-ring (bicyclic) bond motifs is 1. The summed E-state index contributed by atoms with van der Waals surface area (Å²) in [6, 6.07) is 6.44. The zero-order valence-corrected chi connectivity index (χ0v) is 11.2. The van der Waals surface area contributed by atoms with Crippen molar-refractivity contribution in [2.24, 2.45) is 0 Å². The molecule has 3 nitrogen and oxygen atoms in total. The van der Waals surface area contributed by atoms with Crippen LogP contribution in [-0.4, -0.2) is 16.4 Å². The van der Waals surface area contributed by atoms with Crippen LogP contribution in [0.5, 0.6) is 0 Å². The fourth-order valence-corrected chi connectivity index (χ4v) is 2.66. The van der Waals surface area contributed by atoms with Crippen LogP contribution in [0.3, 0.4) is 0 Å². The Morgan fingerprint density at radius 1 is 1.41 bits per heavy atom. The molecule has 1 aromatic heterocycles. The van der Waals surface area contributed by atoms with E-state index in [1.165, 1.54) is 29.3 Å². The molecule has 90 valence electrons. The van der Waals surface area contributed by atoms with Crippen molar-refractivity contribution in [1.29, 1.82) is 0 Å². The van der Waals surface area contributed by atoms with Crippen LogP contribution < -0.4 is 0 Å². The maximum Gasteiger partial charge on any atom is 0.150 e. The van der Waals surface area contributed by atoms with Crippen LogP contribution in [0.1, 0.15) is 31.1 Å². The van der Waals surface area contributed by atoms with Gasteiger partial charge < -0.3 is 4.74 Å². The lowest BCUT2D eigenvalue weighted by Gasteiger charge is -2.23. The fourth-order valence-electron chi connectivity index (χ4n) is 2.31. The summed E-state index contributed by atoms with van der Waals surface area (Å²) in [6.45, 7) is 0.851. The maximum atomic E-state index is 5.79. The average Bonchev–Trinajstić information content (AvgIpc) is 2.82. The van der Waals surface area contributed by atoms with Gasteiger partial charge in [-0.3, -0.25) is 0 Å². The largest absolute Gasteiger partial charge is 0.356 e. The van der Waals surface area contributed by atoms with E-state index in [-0.39, 0.29) is 6.23 Å². The Labute approximate surface area is 109 Å². The Morgan fingerprint density at radius 3 is 3.12 bits per heavy atom. The molecule has 1 fully saturated rings. The summed E-state index contributed by atoms with van der Waals surface area (Å²) in [5, 5.41) is 6.53. The topological polar surface area (TPSA) is 27.1 Å². The summed E-state index contributed by atoms with van der Waals surface area (Å²) in [5.41, 5.74) is 2.45. The second-order valence-electron chi connectivity index (χ2n) is 4.44. The van der Waals surface area contributed by atoms with Gasteiger partial charge in [0.2, 0.25) is 0 Å². The van der Waals surface area contributed by atoms with E-state index in [4.69, 9.17) is 4.74 Å². The Morgan fingerprint density at radius 2 is 2.35 bits per heavy atom. The molecule has 1 aromatic carbocycles. The lowest BCUT2D eigenvalue weighted by atomic mass is 10.1. The highest BCUT2D eigenvalue weighted by Gasteiger charge is 2.18. The predicted octanol–water partition coefficient (Wildman–Crippen LogP) is 3.63. The van der Waals surface area contributed by atoms with Gasteiger partial charge in [0.25, 0.3) is 0 Å². The minimum Gasteiger partial charge on any atom is -0.356 e. The van der Waals surface area contributed by atoms with Crippen molar-refractivity contribution in [1.82, 2.24) is 9.78 Å². The Bertz CT molecular complexity index is 517. The van der Waals surface area contributed by atoms with E-state index in [0.717, 1.165) is 18.4 Å². The first kappa shape index (κ1) is 11.2. The monoisotopic (exact) mass is 294 g/mol. The molecule has 3 rings (SSSR count). The molecule has 0 N–H and O–H groups in total. The first-order valence-corrected chi connectivity index (χ1v) is 7.14. The molecule has 0 aliphatic carbocycles. The van der Waals surface area contributed by atoms with Gasteiger partial charge >= 0.3 is 0 Å². The summed E-state index contributed by atoms with van der Waals surface area (Å²) >= 11 is 3.49. The molecule has 1 saturated heterocycles. The molecule has 0 spiro atoms. The minimum atomic E-state index is 0.117. The van der Waals surface area contributed by atoms with Gasteiger partial charge in [-0.05, 0) is 30.9 Å². The molecule has 2 aromatic rings. The number of nitrogens with zero attached hydrogens (tertiary/aromatic N) is 2. The number of hydrogen-bond donors (Lipinski definition) is 0. The number of benzene rings is 1. The molecular weight excluding hydrogens is 280 g/mol. The summed E-state index contributed by atoms with van der Waals surface area (Å²) in [5.74, 6) is 0. The van der Waals surface area contributed by atoms with Crippen molar-refractivity contribution in [3.05, 3.63) is 30.0 Å². The zero-order valence-electron chi connectivity index (χ0n) is 9.60.